The van der Waals surface area contributed by atoms with Crippen molar-refractivity contribution in [2.45, 2.75) is 32.7 Å². The number of carbonyl (C=O) groups excluding carboxylic acids is 1. The number of nitrogens with zero attached hydrogens (tertiary/aromatic N) is 2. The number of hydrogen-bond acceptors (Lipinski definition) is 5. The molecular formula is C19H28N4O2S. The Kier molecular flexibility index (Phi) is 6.82. The van der Waals surface area contributed by atoms with Gasteiger partial charge in [-0.1, -0.05) is 32.8 Å². The molecule has 1 amide bonds. The van der Waals surface area contributed by atoms with Crippen molar-refractivity contribution in [1.82, 2.24) is 20.4 Å². The number of ether oxygens (including phenoxy) is 1. The van der Waals surface area contributed by atoms with Crippen molar-refractivity contribution < 1.29 is 9.53 Å². The van der Waals surface area contributed by atoms with E-state index in [-0.39, 0.29) is 5.91 Å². The highest BCUT2D eigenvalue weighted by atomic mass is 32.1. The van der Waals surface area contributed by atoms with Gasteiger partial charge in [0.15, 0.2) is 5.69 Å². The van der Waals surface area contributed by atoms with E-state index in [9.17, 15) is 4.79 Å². The van der Waals surface area contributed by atoms with Gasteiger partial charge in [-0.25, -0.2) is 0 Å². The van der Waals surface area contributed by atoms with Crippen LogP contribution in [-0.2, 0) is 4.74 Å². The fraction of sp³-hybridized carbons (Fsp3) is 0.579. The Labute approximate surface area is 158 Å². The van der Waals surface area contributed by atoms with Crippen molar-refractivity contribution in [2.75, 3.05) is 32.8 Å². The van der Waals surface area contributed by atoms with E-state index in [2.05, 4.69) is 34.3 Å². The predicted octanol–water partition coefficient (Wildman–Crippen LogP) is 3.01. The molecule has 1 unspecified atom stereocenters. The summed E-state index contributed by atoms with van der Waals surface area (Å²) in [7, 11) is 0. The number of nitrogens with one attached hydrogen (secondary N) is 2. The van der Waals surface area contributed by atoms with Gasteiger partial charge in [0.25, 0.3) is 5.91 Å². The van der Waals surface area contributed by atoms with Gasteiger partial charge in [0.2, 0.25) is 0 Å². The zero-order chi connectivity index (χ0) is 18.4. The Morgan fingerprint density at radius 3 is 2.81 bits per heavy atom. The van der Waals surface area contributed by atoms with Crippen molar-refractivity contribution in [3.05, 3.63) is 29.3 Å². The van der Waals surface area contributed by atoms with Gasteiger partial charge >= 0.3 is 0 Å². The highest BCUT2D eigenvalue weighted by molar-refractivity contribution is 7.13. The van der Waals surface area contributed by atoms with Crippen molar-refractivity contribution >= 4 is 17.2 Å². The number of amides is 1. The van der Waals surface area contributed by atoms with E-state index in [1.165, 1.54) is 0 Å². The molecule has 6 nitrogen and oxygen atoms in total. The first kappa shape index (κ1) is 19.1. The van der Waals surface area contributed by atoms with Crippen LogP contribution < -0.4 is 5.32 Å². The molecule has 3 heterocycles. The molecule has 142 valence electrons. The Bertz CT molecular complexity index is 676. The van der Waals surface area contributed by atoms with E-state index >= 15 is 0 Å². The normalized spacial score (nSPS) is 16.7. The third-order valence-corrected chi connectivity index (χ3v) is 6.08. The number of rotatable bonds is 8. The molecule has 0 spiro atoms. The lowest BCUT2D eigenvalue weighted by Gasteiger charge is -2.38. The van der Waals surface area contributed by atoms with E-state index in [1.54, 1.807) is 11.3 Å². The SMILES string of the molecule is CCC(CC)C(CNC(=O)c1cc(-c2cccs2)[nH]n1)N1CCOCC1. The highest BCUT2D eigenvalue weighted by Gasteiger charge is 2.27. The summed E-state index contributed by atoms with van der Waals surface area (Å²) < 4.78 is 5.49. The third kappa shape index (κ3) is 4.52. The van der Waals surface area contributed by atoms with Gasteiger partial charge in [-0.05, 0) is 23.4 Å². The van der Waals surface area contributed by atoms with Gasteiger partial charge in [0, 0.05) is 25.7 Å². The van der Waals surface area contributed by atoms with E-state index in [0.717, 1.165) is 49.7 Å². The summed E-state index contributed by atoms with van der Waals surface area (Å²) in [6.45, 7) is 8.51. The lowest BCUT2D eigenvalue weighted by molar-refractivity contribution is 0.00190. The maximum Gasteiger partial charge on any atom is 0.271 e. The fourth-order valence-corrected chi connectivity index (χ4v) is 4.31. The van der Waals surface area contributed by atoms with Crippen LogP contribution in [0.2, 0.25) is 0 Å². The van der Waals surface area contributed by atoms with Crippen molar-refractivity contribution in [1.29, 1.82) is 0 Å². The molecule has 2 aromatic heterocycles. The van der Waals surface area contributed by atoms with Gasteiger partial charge in [-0.15, -0.1) is 11.3 Å². The van der Waals surface area contributed by atoms with E-state index in [0.29, 0.717) is 24.2 Å². The first-order valence-corrected chi connectivity index (χ1v) is 10.3. The molecule has 2 aromatic rings. The predicted molar refractivity (Wildman–Crippen MR) is 104 cm³/mol. The number of aromatic nitrogens is 2. The quantitative estimate of drug-likeness (QED) is 0.743. The Balaban J connectivity index is 1.63. The monoisotopic (exact) mass is 376 g/mol. The molecule has 1 saturated heterocycles. The van der Waals surface area contributed by atoms with Gasteiger partial charge in [-0.3, -0.25) is 14.8 Å². The topological polar surface area (TPSA) is 70.2 Å². The average molecular weight is 377 g/mol. The molecule has 0 radical (unpaired) electrons. The maximum atomic E-state index is 12.6. The molecule has 1 aliphatic heterocycles. The molecule has 1 aliphatic rings. The second kappa shape index (κ2) is 9.30. The molecular weight excluding hydrogens is 348 g/mol. The van der Waals surface area contributed by atoms with Gasteiger partial charge in [-0.2, -0.15) is 5.10 Å². The van der Waals surface area contributed by atoms with Gasteiger partial charge < -0.3 is 10.1 Å². The summed E-state index contributed by atoms with van der Waals surface area (Å²) in [5.41, 5.74) is 1.33. The summed E-state index contributed by atoms with van der Waals surface area (Å²) in [6, 6.07) is 6.17. The molecule has 0 aromatic carbocycles. The summed E-state index contributed by atoms with van der Waals surface area (Å²) in [5, 5.41) is 12.3. The molecule has 0 saturated carbocycles. The fourth-order valence-electron chi connectivity index (χ4n) is 3.62. The average Bonchev–Trinajstić information content (AvgIpc) is 3.37. The second-order valence-electron chi connectivity index (χ2n) is 6.65. The van der Waals surface area contributed by atoms with Crippen LogP contribution in [0.3, 0.4) is 0 Å². The standard InChI is InChI=1S/C19H28N4O2S/c1-3-14(4-2)17(23-7-9-25-10-8-23)13-20-19(24)16-12-15(21-22-16)18-6-5-11-26-18/h5-6,11-12,14,17H,3-4,7-10,13H2,1-2H3,(H,20,24)(H,21,22). The van der Waals surface area contributed by atoms with Crippen LogP contribution in [0.25, 0.3) is 10.6 Å². The lowest BCUT2D eigenvalue weighted by atomic mass is 9.92. The number of H-pyrrole nitrogens is 1. The molecule has 1 fully saturated rings. The minimum Gasteiger partial charge on any atom is -0.379 e. The minimum atomic E-state index is -0.117. The van der Waals surface area contributed by atoms with E-state index < -0.39 is 0 Å². The number of aromatic amines is 1. The van der Waals surface area contributed by atoms with Crippen molar-refractivity contribution in [2.24, 2.45) is 5.92 Å². The summed E-state index contributed by atoms with van der Waals surface area (Å²) in [4.78, 5) is 16.1. The van der Waals surface area contributed by atoms with Crippen LogP contribution in [0.15, 0.2) is 23.6 Å². The Hall–Kier alpha value is -1.70. The molecule has 1 atom stereocenters. The summed E-state index contributed by atoms with van der Waals surface area (Å²) in [5.74, 6) is 0.447. The van der Waals surface area contributed by atoms with Crippen molar-refractivity contribution in [3.8, 4) is 10.6 Å². The smallest absolute Gasteiger partial charge is 0.271 e. The molecule has 2 N–H and O–H groups in total. The Morgan fingerprint density at radius 2 is 2.15 bits per heavy atom. The minimum absolute atomic E-state index is 0.117. The number of morpholine rings is 1. The zero-order valence-corrected chi connectivity index (χ0v) is 16.3. The summed E-state index contributed by atoms with van der Waals surface area (Å²) >= 11 is 1.63. The van der Waals surface area contributed by atoms with E-state index in [1.807, 2.05) is 23.6 Å². The molecule has 0 aliphatic carbocycles. The van der Waals surface area contributed by atoms with E-state index in [4.69, 9.17) is 4.74 Å². The van der Waals surface area contributed by atoms with Crippen LogP contribution in [-0.4, -0.2) is 59.9 Å². The van der Waals surface area contributed by atoms with Crippen LogP contribution in [0.1, 0.15) is 37.2 Å². The number of hydrogen-bond donors (Lipinski definition) is 2. The first-order valence-electron chi connectivity index (χ1n) is 9.42. The highest BCUT2D eigenvalue weighted by Crippen LogP contribution is 2.23. The first-order chi connectivity index (χ1) is 12.7. The lowest BCUT2D eigenvalue weighted by Crippen LogP contribution is -2.52. The zero-order valence-electron chi connectivity index (χ0n) is 15.5. The maximum absolute atomic E-state index is 12.6. The Morgan fingerprint density at radius 1 is 1.38 bits per heavy atom. The summed E-state index contributed by atoms with van der Waals surface area (Å²) in [6.07, 6.45) is 2.22. The number of carbonyl (C=O) groups is 1. The van der Waals surface area contributed by atoms with Gasteiger partial charge in [0.05, 0.1) is 23.8 Å². The van der Waals surface area contributed by atoms with Crippen LogP contribution in [0.5, 0.6) is 0 Å². The van der Waals surface area contributed by atoms with Gasteiger partial charge in [0.1, 0.15) is 0 Å². The van der Waals surface area contributed by atoms with Crippen molar-refractivity contribution in [3.63, 3.8) is 0 Å². The number of thiophene rings is 1. The molecule has 0 bridgehead atoms. The third-order valence-electron chi connectivity index (χ3n) is 5.18. The molecule has 3 rings (SSSR count). The second-order valence-corrected chi connectivity index (χ2v) is 7.59. The largest absolute Gasteiger partial charge is 0.379 e. The van der Waals surface area contributed by atoms with Crippen LogP contribution in [0, 0.1) is 5.92 Å². The molecule has 26 heavy (non-hydrogen) atoms. The van der Waals surface area contributed by atoms with Crippen LogP contribution in [0.4, 0.5) is 0 Å². The molecule has 7 heteroatoms. The van der Waals surface area contributed by atoms with Crippen LogP contribution >= 0.6 is 11.3 Å².